The molecule has 8 heteroatoms. The number of halogens is 1. The summed E-state index contributed by atoms with van der Waals surface area (Å²) >= 11 is 7.05. The maximum Gasteiger partial charge on any atom is 0.265 e. The number of carbonyl (C=O) groups excluding carboxylic acids is 1. The molecule has 0 radical (unpaired) electrons. The Balaban J connectivity index is 1.79. The second kappa shape index (κ2) is 6.10. The minimum absolute atomic E-state index is 0.236. The lowest BCUT2D eigenvalue weighted by Crippen LogP contribution is -2.12. The summed E-state index contributed by atoms with van der Waals surface area (Å²) in [5, 5.41) is 7.15. The molecule has 0 aliphatic heterocycles. The SMILES string of the molecule is Cc1nn(-c2ncc(NC(=O)c3ccc(Cl)s3)cn2)c(C)c1C. The number of aromatic nitrogens is 4. The summed E-state index contributed by atoms with van der Waals surface area (Å²) in [4.78, 5) is 21.1. The number of hydrogen-bond donors (Lipinski definition) is 1. The third kappa shape index (κ3) is 3.11. The lowest BCUT2D eigenvalue weighted by atomic mass is 10.2. The van der Waals surface area contributed by atoms with Crippen molar-refractivity contribution in [1.29, 1.82) is 0 Å². The Bertz CT molecular complexity index is 869. The summed E-state index contributed by atoms with van der Waals surface area (Å²) in [6.45, 7) is 5.92. The van der Waals surface area contributed by atoms with Gasteiger partial charge in [0.05, 0.1) is 33.0 Å². The van der Waals surface area contributed by atoms with Crippen molar-refractivity contribution in [3.63, 3.8) is 0 Å². The van der Waals surface area contributed by atoms with Crippen LogP contribution in [0, 0.1) is 20.8 Å². The Labute approximate surface area is 142 Å². The fourth-order valence-corrected chi connectivity index (χ4v) is 2.98. The van der Waals surface area contributed by atoms with E-state index in [1.165, 1.54) is 11.3 Å². The monoisotopic (exact) mass is 347 g/mol. The first kappa shape index (κ1) is 15.6. The van der Waals surface area contributed by atoms with Gasteiger partial charge in [-0.25, -0.2) is 14.6 Å². The van der Waals surface area contributed by atoms with Gasteiger partial charge in [-0.2, -0.15) is 5.10 Å². The van der Waals surface area contributed by atoms with Crippen LogP contribution in [0.5, 0.6) is 0 Å². The quantitative estimate of drug-likeness (QED) is 0.786. The molecule has 3 aromatic heterocycles. The number of nitrogens with zero attached hydrogens (tertiary/aromatic N) is 4. The number of nitrogens with one attached hydrogen (secondary N) is 1. The third-order valence-corrected chi connectivity index (χ3v) is 4.77. The van der Waals surface area contributed by atoms with Gasteiger partial charge in [-0.05, 0) is 38.5 Å². The van der Waals surface area contributed by atoms with Crippen molar-refractivity contribution in [1.82, 2.24) is 19.7 Å². The van der Waals surface area contributed by atoms with E-state index in [4.69, 9.17) is 11.6 Å². The van der Waals surface area contributed by atoms with Gasteiger partial charge in [0, 0.05) is 5.69 Å². The molecular formula is C15H14ClN5OS. The van der Waals surface area contributed by atoms with Crippen molar-refractivity contribution >= 4 is 34.5 Å². The fourth-order valence-electron chi connectivity index (χ4n) is 2.04. The van der Waals surface area contributed by atoms with Gasteiger partial charge in [0.1, 0.15) is 0 Å². The van der Waals surface area contributed by atoms with Crippen LogP contribution in [0.4, 0.5) is 5.69 Å². The molecule has 0 saturated heterocycles. The highest BCUT2D eigenvalue weighted by atomic mass is 35.5. The molecule has 3 heterocycles. The normalized spacial score (nSPS) is 10.8. The van der Waals surface area contributed by atoms with Crippen LogP contribution in [0.25, 0.3) is 5.95 Å². The predicted molar refractivity (Wildman–Crippen MR) is 90.6 cm³/mol. The molecule has 0 bridgehead atoms. The van der Waals surface area contributed by atoms with E-state index in [1.54, 1.807) is 29.2 Å². The number of aryl methyl sites for hydroxylation is 1. The Morgan fingerprint density at radius 2 is 1.91 bits per heavy atom. The first-order valence-electron chi connectivity index (χ1n) is 6.87. The average Bonchev–Trinajstić information content (AvgIpc) is 3.08. The first-order valence-corrected chi connectivity index (χ1v) is 8.07. The van der Waals surface area contributed by atoms with E-state index in [-0.39, 0.29) is 5.91 Å². The van der Waals surface area contributed by atoms with Crippen molar-refractivity contribution in [3.05, 3.63) is 50.7 Å². The summed E-state index contributed by atoms with van der Waals surface area (Å²) in [6, 6.07) is 3.36. The Hall–Kier alpha value is -2.25. The van der Waals surface area contributed by atoms with Gasteiger partial charge in [0.2, 0.25) is 0 Å². The predicted octanol–water partition coefficient (Wildman–Crippen LogP) is 3.55. The molecule has 0 atom stereocenters. The van der Waals surface area contributed by atoms with Gasteiger partial charge >= 0.3 is 0 Å². The largest absolute Gasteiger partial charge is 0.319 e. The molecule has 3 rings (SSSR count). The summed E-state index contributed by atoms with van der Waals surface area (Å²) in [5.74, 6) is 0.232. The van der Waals surface area contributed by atoms with Crippen molar-refractivity contribution in [2.45, 2.75) is 20.8 Å². The van der Waals surface area contributed by atoms with Crippen LogP contribution in [0.2, 0.25) is 4.34 Å². The molecule has 0 fully saturated rings. The highest BCUT2D eigenvalue weighted by Crippen LogP contribution is 2.22. The van der Waals surface area contributed by atoms with Gasteiger partial charge in [-0.3, -0.25) is 4.79 Å². The van der Waals surface area contributed by atoms with Crippen molar-refractivity contribution < 1.29 is 4.79 Å². The minimum Gasteiger partial charge on any atom is -0.319 e. The van der Waals surface area contributed by atoms with E-state index in [9.17, 15) is 4.79 Å². The maximum absolute atomic E-state index is 12.1. The maximum atomic E-state index is 12.1. The van der Waals surface area contributed by atoms with Crippen LogP contribution in [-0.2, 0) is 0 Å². The van der Waals surface area contributed by atoms with E-state index in [1.807, 2.05) is 20.8 Å². The van der Waals surface area contributed by atoms with E-state index in [0.29, 0.717) is 20.8 Å². The standard InChI is InChI=1S/C15H14ClN5OS/c1-8-9(2)20-21(10(8)3)15-17-6-11(7-18-15)19-14(22)12-4-5-13(16)23-12/h4-7H,1-3H3,(H,19,22). The Morgan fingerprint density at radius 3 is 2.43 bits per heavy atom. The highest BCUT2D eigenvalue weighted by Gasteiger charge is 2.12. The number of amides is 1. The molecule has 0 aliphatic rings. The molecule has 0 aromatic carbocycles. The zero-order chi connectivity index (χ0) is 16.6. The number of anilines is 1. The second-order valence-corrected chi connectivity index (χ2v) is 6.75. The molecule has 0 spiro atoms. The zero-order valence-electron chi connectivity index (χ0n) is 12.8. The molecule has 0 saturated carbocycles. The summed E-state index contributed by atoms with van der Waals surface area (Å²) in [7, 11) is 0. The summed E-state index contributed by atoms with van der Waals surface area (Å²) in [5.41, 5.74) is 3.56. The fraction of sp³-hybridized carbons (Fsp3) is 0.200. The summed E-state index contributed by atoms with van der Waals surface area (Å²) < 4.78 is 2.26. The molecular weight excluding hydrogens is 334 g/mol. The molecule has 23 heavy (non-hydrogen) atoms. The third-order valence-electron chi connectivity index (χ3n) is 3.54. The van der Waals surface area contributed by atoms with Crippen LogP contribution in [0.15, 0.2) is 24.5 Å². The van der Waals surface area contributed by atoms with E-state index >= 15 is 0 Å². The number of carbonyl (C=O) groups is 1. The van der Waals surface area contributed by atoms with Crippen molar-refractivity contribution in [3.8, 4) is 5.95 Å². The van der Waals surface area contributed by atoms with Gasteiger partial charge in [0.25, 0.3) is 11.9 Å². The van der Waals surface area contributed by atoms with Gasteiger partial charge < -0.3 is 5.32 Å². The summed E-state index contributed by atoms with van der Waals surface area (Å²) in [6.07, 6.45) is 3.11. The molecule has 1 amide bonds. The van der Waals surface area contributed by atoms with E-state index in [0.717, 1.165) is 17.0 Å². The second-order valence-electron chi connectivity index (χ2n) is 5.04. The zero-order valence-corrected chi connectivity index (χ0v) is 14.4. The molecule has 6 nitrogen and oxygen atoms in total. The van der Waals surface area contributed by atoms with Crippen molar-refractivity contribution in [2.24, 2.45) is 0 Å². The van der Waals surface area contributed by atoms with Crippen LogP contribution in [-0.4, -0.2) is 25.7 Å². The first-order chi connectivity index (χ1) is 11.0. The molecule has 3 aromatic rings. The lowest BCUT2D eigenvalue weighted by molar-refractivity contribution is 0.103. The molecule has 0 aliphatic carbocycles. The smallest absolute Gasteiger partial charge is 0.265 e. The van der Waals surface area contributed by atoms with Crippen LogP contribution < -0.4 is 5.32 Å². The Morgan fingerprint density at radius 1 is 1.22 bits per heavy atom. The van der Waals surface area contributed by atoms with Gasteiger partial charge in [-0.1, -0.05) is 11.6 Å². The number of rotatable bonds is 3. The lowest BCUT2D eigenvalue weighted by Gasteiger charge is -2.05. The Kier molecular flexibility index (Phi) is 4.14. The van der Waals surface area contributed by atoms with E-state index < -0.39 is 0 Å². The highest BCUT2D eigenvalue weighted by molar-refractivity contribution is 7.18. The average molecular weight is 348 g/mol. The minimum atomic E-state index is -0.236. The topological polar surface area (TPSA) is 72.7 Å². The van der Waals surface area contributed by atoms with Crippen LogP contribution in [0.1, 0.15) is 26.6 Å². The number of hydrogen-bond acceptors (Lipinski definition) is 5. The molecule has 118 valence electrons. The number of thiophene rings is 1. The van der Waals surface area contributed by atoms with Gasteiger partial charge in [0.15, 0.2) is 0 Å². The van der Waals surface area contributed by atoms with Crippen molar-refractivity contribution in [2.75, 3.05) is 5.32 Å². The molecule has 1 N–H and O–H groups in total. The van der Waals surface area contributed by atoms with Crippen LogP contribution >= 0.6 is 22.9 Å². The van der Waals surface area contributed by atoms with Crippen LogP contribution in [0.3, 0.4) is 0 Å². The van der Waals surface area contributed by atoms with Gasteiger partial charge in [-0.15, -0.1) is 11.3 Å². The van der Waals surface area contributed by atoms with E-state index in [2.05, 4.69) is 20.4 Å². The molecule has 0 unspecified atom stereocenters.